The maximum Gasteiger partial charge on any atom is 0.416 e. The first kappa shape index (κ1) is 14.9. The van der Waals surface area contributed by atoms with E-state index in [9.17, 15) is 22.8 Å². The van der Waals surface area contributed by atoms with Gasteiger partial charge in [0.25, 0.3) is 5.91 Å². The quantitative estimate of drug-likeness (QED) is 0.397. The molecule has 4 nitrogen and oxygen atoms in total. The fraction of sp³-hybridized carbons (Fsp3) is 0.167. The van der Waals surface area contributed by atoms with Gasteiger partial charge in [0.15, 0.2) is 0 Å². The van der Waals surface area contributed by atoms with Gasteiger partial charge in [-0.25, -0.2) is 5.06 Å². The van der Waals surface area contributed by atoms with E-state index in [4.69, 9.17) is 5.21 Å². The number of rotatable bonds is 3. The molecule has 1 aromatic carbocycles. The minimum atomic E-state index is -4.48. The molecule has 0 unspecified atom stereocenters. The third-order valence-electron chi connectivity index (χ3n) is 2.28. The van der Waals surface area contributed by atoms with Crippen LogP contribution in [0.2, 0.25) is 0 Å². The molecular weight excluding hydrogens is 263 g/mol. The summed E-state index contributed by atoms with van der Waals surface area (Å²) in [6.07, 6.45) is -3.29. The van der Waals surface area contributed by atoms with Crippen LogP contribution in [0.3, 0.4) is 0 Å². The summed E-state index contributed by atoms with van der Waals surface area (Å²) in [7, 11) is 1.05. The smallest absolute Gasteiger partial charge is 0.299 e. The van der Waals surface area contributed by atoms with Gasteiger partial charge in [-0.05, 0) is 23.8 Å². The van der Waals surface area contributed by atoms with Crippen LogP contribution >= 0.6 is 0 Å². The number of aldehydes is 1. The Hall–Kier alpha value is -2.15. The lowest BCUT2D eigenvalue weighted by Gasteiger charge is -2.12. The highest BCUT2D eigenvalue weighted by Crippen LogP contribution is 2.30. The van der Waals surface area contributed by atoms with Crippen molar-refractivity contribution in [2.24, 2.45) is 0 Å². The predicted octanol–water partition coefficient (Wildman–Crippen LogP) is 2.14. The number of nitrogens with zero attached hydrogens (tertiary/aromatic N) is 1. The van der Waals surface area contributed by atoms with Crippen molar-refractivity contribution in [1.29, 1.82) is 0 Å². The lowest BCUT2D eigenvalue weighted by molar-refractivity contribution is -0.152. The average molecular weight is 273 g/mol. The van der Waals surface area contributed by atoms with E-state index >= 15 is 0 Å². The molecule has 0 spiro atoms. The summed E-state index contributed by atoms with van der Waals surface area (Å²) in [5.41, 5.74) is -0.966. The summed E-state index contributed by atoms with van der Waals surface area (Å²) in [4.78, 5) is 22.0. The molecule has 0 aliphatic heterocycles. The van der Waals surface area contributed by atoms with Crippen molar-refractivity contribution < 1.29 is 28.0 Å². The Morgan fingerprint density at radius 1 is 1.26 bits per heavy atom. The molecule has 0 saturated carbocycles. The minimum absolute atomic E-state index is 0.103. The zero-order valence-corrected chi connectivity index (χ0v) is 9.81. The van der Waals surface area contributed by atoms with Crippen LogP contribution in [-0.4, -0.2) is 29.5 Å². The largest absolute Gasteiger partial charge is 0.416 e. The molecule has 0 radical (unpaired) electrons. The van der Waals surface area contributed by atoms with Gasteiger partial charge >= 0.3 is 6.18 Å². The molecule has 1 amide bonds. The topological polar surface area (TPSA) is 57.6 Å². The van der Waals surface area contributed by atoms with Gasteiger partial charge in [0.1, 0.15) is 6.29 Å². The molecule has 0 heterocycles. The Morgan fingerprint density at radius 3 is 2.16 bits per heavy atom. The first-order valence-corrected chi connectivity index (χ1v) is 5.07. The van der Waals surface area contributed by atoms with Crippen LogP contribution in [0.5, 0.6) is 0 Å². The summed E-state index contributed by atoms with van der Waals surface area (Å²) in [6, 6.07) is 3.69. The average Bonchev–Trinajstić information content (AvgIpc) is 2.34. The van der Waals surface area contributed by atoms with Crippen LogP contribution in [-0.2, 0) is 15.8 Å². The summed E-state index contributed by atoms with van der Waals surface area (Å²) >= 11 is 0. The molecule has 0 fully saturated rings. The van der Waals surface area contributed by atoms with Crippen molar-refractivity contribution in [2.75, 3.05) is 7.05 Å². The van der Waals surface area contributed by atoms with E-state index in [1.807, 2.05) is 0 Å². The first-order valence-electron chi connectivity index (χ1n) is 5.07. The number of hydroxylamine groups is 2. The second-order valence-corrected chi connectivity index (χ2v) is 3.62. The SMILES string of the molecule is CN(O)C(=O)/C(=C\C=O)c1ccc(C(F)(F)F)cc1. The fourth-order valence-corrected chi connectivity index (χ4v) is 1.37. The summed E-state index contributed by atoms with van der Waals surface area (Å²) in [6.45, 7) is 0. The van der Waals surface area contributed by atoms with Gasteiger partial charge < -0.3 is 0 Å². The van der Waals surface area contributed by atoms with Crippen molar-refractivity contribution in [3.05, 3.63) is 41.5 Å². The van der Waals surface area contributed by atoms with Crippen molar-refractivity contribution >= 4 is 17.8 Å². The van der Waals surface area contributed by atoms with Gasteiger partial charge in [-0.2, -0.15) is 13.2 Å². The molecule has 0 aliphatic rings. The monoisotopic (exact) mass is 273 g/mol. The molecule has 102 valence electrons. The van der Waals surface area contributed by atoms with Crippen LogP contribution < -0.4 is 0 Å². The molecule has 0 aliphatic carbocycles. The maximum absolute atomic E-state index is 12.4. The zero-order chi connectivity index (χ0) is 14.6. The third-order valence-corrected chi connectivity index (χ3v) is 2.28. The van der Waals surface area contributed by atoms with Crippen molar-refractivity contribution in [3.8, 4) is 0 Å². The molecule has 1 N–H and O–H groups in total. The Morgan fingerprint density at radius 2 is 1.79 bits per heavy atom. The molecule has 1 rings (SSSR count). The van der Waals surface area contributed by atoms with Crippen molar-refractivity contribution in [1.82, 2.24) is 5.06 Å². The molecule has 0 atom stereocenters. The molecule has 1 aromatic rings. The highest BCUT2D eigenvalue weighted by Gasteiger charge is 2.30. The second-order valence-electron chi connectivity index (χ2n) is 3.62. The van der Waals surface area contributed by atoms with Gasteiger partial charge in [0.05, 0.1) is 11.1 Å². The number of hydrogen-bond donors (Lipinski definition) is 1. The highest BCUT2D eigenvalue weighted by atomic mass is 19.4. The van der Waals surface area contributed by atoms with Crippen LogP contribution in [0.25, 0.3) is 5.57 Å². The molecule has 0 saturated heterocycles. The summed E-state index contributed by atoms with van der Waals surface area (Å²) in [5, 5.41) is 9.25. The lowest BCUT2D eigenvalue weighted by atomic mass is 10.0. The molecule has 0 aromatic heterocycles. The van der Waals surface area contributed by atoms with Crippen LogP contribution in [0.15, 0.2) is 30.3 Å². The molecule has 19 heavy (non-hydrogen) atoms. The molecule has 7 heteroatoms. The van der Waals surface area contributed by atoms with E-state index in [0.717, 1.165) is 37.4 Å². The number of carbonyl (C=O) groups is 2. The predicted molar refractivity (Wildman–Crippen MR) is 60.0 cm³/mol. The lowest BCUT2D eigenvalue weighted by Crippen LogP contribution is -2.23. The number of benzene rings is 1. The van der Waals surface area contributed by atoms with E-state index in [-0.39, 0.29) is 16.2 Å². The molecule has 0 bridgehead atoms. The number of halogens is 3. The van der Waals surface area contributed by atoms with E-state index in [1.165, 1.54) is 0 Å². The summed E-state index contributed by atoms with van der Waals surface area (Å²) < 4.78 is 37.1. The Kier molecular flexibility index (Phi) is 4.44. The van der Waals surface area contributed by atoms with Crippen LogP contribution in [0, 0.1) is 0 Å². The number of carbonyl (C=O) groups excluding carboxylic acids is 2. The standard InChI is InChI=1S/C12H10F3NO3/c1-16(19)11(18)10(6-7-17)8-2-4-9(5-3-8)12(13,14)15/h2-7,19H,1H3/b10-6-. The van der Waals surface area contributed by atoms with Gasteiger partial charge in [-0.15, -0.1) is 0 Å². The van der Waals surface area contributed by atoms with Gasteiger partial charge in [0, 0.05) is 7.05 Å². The zero-order valence-electron chi connectivity index (χ0n) is 9.81. The van der Waals surface area contributed by atoms with Crippen LogP contribution in [0.4, 0.5) is 13.2 Å². The number of hydrogen-bond acceptors (Lipinski definition) is 3. The Balaban J connectivity index is 3.16. The van der Waals surface area contributed by atoms with E-state index in [0.29, 0.717) is 6.29 Å². The summed E-state index contributed by atoms with van der Waals surface area (Å²) in [5.74, 6) is -0.896. The van der Waals surface area contributed by atoms with E-state index in [1.54, 1.807) is 0 Å². The van der Waals surface area contributed by atoms with Crippen molar-refractivity contribution in [2.45, 2.75) is 6.18 Å². The normalized spacial score (nSPS) is 12.2. The van der Waals surface area contributed by atoms with Gasteiger partial charge in [0.2, 0.25) is 0 Å². The Labute approximate surface area is 106 Å². The number of allylic oxidation sites excluding steroid dienone is 1. The Bertz CT molecular complexity index is 504. The van der Waals surface area contributed by atoms with Crippen molar-refractivity contribution in [3.63, 3.8) is 0 Å². The first-order chi connectivity index (χ1) is 8.77. The number of amides is 1. The third kappa shape index (κ3) is 3.65. The van der Waals surface area contributed by atoms with E-state index in [2.05, 4.69) is 0 Å². The molecular formula is C12H10F3NO3. The fourth-order valence-electron chi connectivity index (χ4n) is 1.37. The minimum Gasteiger partial charge on any atom is -0.299 e. The van der Waals surface area contributed by atoms with Gasteiger partial charge in [-0.1, -0.05) is 12.1 Å². The highest BCUT2D eigenvalue weighted by molar-refractivity contribution is 6.21. The van der Waals surface area contributed by atoms with Gasteiger partial charge in [-0.3, -0.25) is 14.8 Å². The number of alkyl halides is 3. The van der Waals surface area contributed by atoms with Crippen LogP contribution in [0.1, 0.15) is 11.1 Å². The second kappa shape index (κ2) is 5.66. The van der Waals surface area contributed by atoms with E-state index < -0.39 is 17.6 Å². The maximum atomic E-state index is 12.4. The number of likely N-dealkylation sites (N-methyl/N-ethyl adjacent to an activating group) is 1.